The molecule has 1 unspecified atom stereocenters. The summed E-state index contributed by atoms with van der Waals surface area (Å²) in [5.74, 6) is 0.1000. The normalized spacial score (nSPS) is 11.5. The number of likely N-dealkylation sites (N-methyl/N-ethyl adjacent to an activating group) is 1. The van der Waals surface area contributed by atoms with Gasteiger partial charge in [-0.15, -0.1) is 0 Å². The fraction of sp³-hybridized carbons (Fsp3) is 0.231. The summed E-state index contributed by atoms with van der Waals surface area (Å²) in [7, 11) is 0. The number of nitrogens with zero attached hydrogens (tertiary/aromatic N) is 1. The van der Waals surface area contributed by atoms with Crippen molar-refractivity contribution in [3.8, 4) is 5.75 Å². The third-order valence-corrected chi connectivity index (χ3v) is 5.84. The van der Waals surface area contributed by atoms with Gasteiger partial charge in [0.15, 0.2) is 6.61 Å². The van der Waals surface area contributed by atoms with Crippen LogP contribution in [0.15, 0.2) is 83.3 Å². The highest BCUT2D eigenvalue weighted by atomic mass is 79.9. The number of benzene rings is 3. The topological polar surface area (TPSA) is 58.6 Å². The van der Waals surface area contributed by atoms with E-state index < -0.39 is 6.04 Å². The quantitative estimate of drug-likeness (QED) is 0.390. The van der Waals surface area contributed by atoms with Crippen molar-refractivity contribution < 1.29 is 14.3 Å². The number of rotatable bonds is 10. The van der Waals surface area contributed by atoms with Gasteiger partial charge in [-0.25, -0.2) is 0 Å². The highest BCUT2D eigenvalue weighted by Crippen LogP contribution is 2.19. The van der Waals surface area contributed by atoms with Crippen LogP contribution in [0.3, 0.4) is 0 Å². The second-order valence-electron chi connectivity index (χ2n) is 7.49. The minimum absolute atomic E-state index is 0.181. The highest BCUT2D eigenvalue weighted by Gasteiger charge is 2.30. The van der Waals surface area contributed by atoms with E-state index in [0.717, 1.165) is 15.6 Å². The number of amides is 2. The Balaban J connectivity index is 1.87. The van der Waals surface area contributed by atoms with Gasteiger partial charge in [0.2, 0.25) is 5.91 Å². The number of hydrogen-bond donors (Lipinski definition) is 1. The van der Waals surface area contributed by atoms with Crippen molar-refractivity contribution in [2.75, 3.05) is 13.2 Å². The van der Waals surface area contributed by atoms with Crippen LogP contribution in [0.4, 0.5) is 0 Å². The summed E-state index contributed by atoms with van der Waals surface area (Å²) in [6, 6.07) is 23.5. The number of hydrogen-bond acceptors (Lipinski definition) is 3. The minimum Gasteiger partial charge on any atom is -0.484 e. The van der Waals surface area contributed by atoms with Crippen LogP contribution < -0.4 is 10.1 Å². The molecule has 0 aliphatic rings. The molecule has 3 rings (SSSR count). The van der Waals surface area contributed by atoms with Gasteiger partial charge in [-0.2, -0.15) is 0 Å². The molecule has 1 atom stereocenters. The van der Waals surface area contributed by atoms with Gasteiger partial charge >= 0.3 is 0 Å². The molecule has 5 nitrogen and oxygen atoms in total. The fourth-order valence-electron chi connectivity index (χ4n) is 3.39. The van der Waals surface area contributed by atoms with Gasteiger partial charge in [-0.1, -0.05) is 70.0 Å². The van der Waals surface area contributed by atoms with Crippen molar-refractivity contribution in [2.45, 2.75) is 25.9 Å². The molecule has 2 amide bonds. The van der Waals surface area contributed by atoms with Crippen LogP contribution in [0.25, 0.3) is 0 Å². The molecule has 1 N–H and O–H groups in total. The predicted octanol–water partition coefficient (Wildman–Crippen LogP) is 5.26. The molecule has 33 heavy (non-hydrogen) atoms. The van der Waals surface area contributed by atoms with Crippen LogP contribution in [-0.2, 0) is 22.6 Å². The SMILES string of the molecule is CCNC(=O)C(Cc1ccccc1)N(Cc1ccc(Cl)cc1)C(=O)COc1ccc(Br)cc1. The van der Waals surface area contributed by atoms with E-state index in [1.165, 1.54) is 0 Å². The maximum Gasteiger partial charge on any atom is 0.261 e. The van der Waals surface area contributed by atoms with Gasteiger partial charge in [-0.3, -0.25) is 9.59 Å². The standard InChI is InChI=1S/C26H26BrClN2O3/c1-2-29-26(32)24(16-19-6-4-3-5-7-19)30(17-20-8-12-22(28)13-9-20)25(31)18-33-23-14-10-21(27)11-15-23/h3-15,24H,2,16-18H2,1H3,(H,29,32). The molecule has 0 aromatic heterocycles. The molecule has 0 radical (unpaired) electrons. The fourth-order valence-corrected chi connectivity index (χ4v) is 3.78. The molecule has 0 heterocycles. The number of carbonyl (C=O) groups excluding carboxylic acids is 2. The van der Waals surface area contributed by atoms with Gasteiger partial charge in [0, 0.05) is 29.0 Å². The van der Waals surface area contributed by atoms with Crippen molar-refractivity contribution in [3.05, 3.63) is 99.5 Å². The van der Waals surface area contributed by atoms with E-state index in [-0.39, 0.29) is 25.0 Å². The van der Waals surface area contributed by atoms with E-state index in [4.69, 9.17) is 16.3 Å². The average Bonchev–Trinajstić information content (AvgIpc) is 2.82. The number of ether oxygens (including phenoxy) is 1. The molecule has 3 aromatic carbocycles. The Bertz CT molecular complexity index is 1040. The maximum absolute atomic E-state index is 13.4. The molecule has 0 aliphatic carbocycles. The second-order valence-corrected chi connectivity index (χ2v) is 8.84. The van der Waals surface area contributed by atoms with Crippen LogP contribution >= 0.6 is 27.5 Å². The Morgan fingerprint density at radius 3 is 2.27 bits per heavy atom. The summed E-state index contributed by atoms with van der Waals surface area (Å²) in [4.78, 5) is 28.0. The third kappa shape index (κ3) is 7.62. The number of nitrogens with one attached hydrogen (secondary N) is 1. The van der Waals surface area contributed by atoms with Crippen molar-refractivity contribution in [1.29, 1.82) is 0 Å². The maximum atomic E-state index is 13.4. The molecule has 0 fully saturated rings. The Morgan fingerprint density at radius 2 is 1.64 bits per heavy atom. The zero-order valence-corrected chi connectivity index (χ0v) is 20.7. The van der Waals surface area contributed by atoms with Crippen LogP contribution in [-0.4, -0.2) is 35.9 Å². The van der Waals surface area contributed by atoms with E-state index in [0.29, 0.717) is 23.7 Å². The van der Waals surface area contributed by atoms with Crippen LogP contribution in [0.1, 0.15) is 18.1 Å². The average molecular weight is 530 g/mol. The Labute approximate surface area is 207 Å². The van der Waals surface area contributed by atoms with E-state index in [1.54, 1.807) is 29.2 Å². The first-order valence-corrected chi connectivity index (χ1v) is 11.9. The summed E-state index contributed by atoms with van der Waals surface area (Å²) in [5.41, 5.74) is 1.84. The molecular formula is C26H26BrClN2O3. The molecule has 0 saturated carbocycles. The molecular weight excluding hydrogens is 504 g/mol. The second kappa shape index (κ2) is 12.4. The molecule has 0 spiro atoms. The lowest BCUT2D eigenvalue weighted by molar-refractivity contribution is -0.142. The monoisotopic (exact) mass is 528 g/mol. The minimum atomic E-state index is -0.691. The molecule has 0 saturated heterocycles. The zero-order valence-electron chi connectivity index (χ0n) is 18.3. The van der Waals surface area contributed by atoms with Gasteiger partial charge in [0.1, 0.15) is 11.8 Å². The summed E-state index contributed by atoms with van der Waals surface area (Å²) >= 11 is 9.42. The third-order valence-electron chi connectivity index (χ3n) is 5.06. The van der Waals surface area contributed by atoms with Crippen LogP contribution in [0, 0.1) is 0 Å². The largest absolute Gasteiger partial charge is 0.484 e. The molecule has 172 valence electrons. The lowest BCUT2D eigenvalue weighted by atomic mass is 10.0. The Hall–Kier alpha value is -2.83. The summed E-state index contributed by atoms with van der Waals surface area (Å²) < 4.78 is 6.66. The molecule has 0 aliphatic heterocycles. The Kier molecular flexibility index (Phi) is 9.34. The van der Waals surface area contributed by atoms with Gasteiger partial charge in [0.25, 0.3) is 5.91 Å². The van der Waals surface area contributed by atoms with E-state index >= 15 is 0 Å². The molecule has 3 aromatic rings. The number of halogens is 2. The van der Waals surface area contributed by atoms with E-state index in [2.05, 4.69) is 21.2 Å². The lowest BCUT2D eigenvalue weighted by Gasteiger charge is -2.31. The first-order chi connectivity index (χ1) is 16.0. The van der Waals surface area contributed by atoms with Gasteiger partial charge in [-0.05, 0) is 54.4 Å². The van der Waals surface area contributed by atoms with Gasteiger partial charge < -0.3 is 15.0 Å². The first kappa shape index (κ1) is 24.8. The predicted molar refractivity (Wildman–Crippen MR) is 134 cm³/mol. The number of carbonyl (C=O) groups is 2. The van der Waals surface area contributed by atoms with E-state index in [1.807, 2.05) is 61.5 Å². The van der Waals surface area contributed by atoms with E-state index in [9.17, 15) is 9.59 Å². The molecule has 7 heteroatoms. The summed E-state index contributed by atoms with van der Waals surface area (Å²) in [6.45, 7) is 2.41. The van der Waals surface area contributed by atoms with Crippen LogP contribution in [0.2, 0.25) is 5.02 Å². The highest BCUT2D eigenvalue weighted by molar-refractivity contribution is 9.10. The van der Waals surface area contributed by atoms with Crippen molar-refractivity contribution >= 4 is 39.3 Å². The van der Waals surface area contributed by atoms with Crippen LogP contribution in [0.5, 0.6) is 5.75 Å². The summed E-state index contributed by atoms with van der Waals surface area (Å²) in [6.07, 6.45) is 0.393. The lowest BCUT2D eigenvalue weighted by Crippen LogP contribution is -2.51. The Morgan fingerprint density at radius 1 is 0.970 bits per heavy atom. The summed E-state index contributed by atoms with van der Waals surface area (Å²) in [5, 5.41) is 3.49. The van der Waals surface area contributed by atoms with Crippen molar-refractivity contribution in [3.63, 3.8) is 0 Å². The van der Waals surface area contributed by atoms with Crippen molar-refractivity contribution in [2.24, 2.45) is 0 Å². The molecule has 0 bridgehead atoms. The first-order valence-electron chi connectivity index (χ1n) is 10.7. The van der Waals surface area contributed by atoms with Gasteiger partial charge in [0.05, 0.1) is 0 Å². The smallest absolute Gasteiger partial charge is 0.261 e. The van der Waals surface area contributed by atoms with Crippen molar-refractivity contribution in [1.82, 2.24) is 10.2 Å². The zero-order chi connectivity index (χ0) is 23.6.